The maximum Gasteiger partial charge on any atom is 0.114 e. The zero-order chi connectivity index (χ0) is 14.8. The van der Waals surface area contributed by atoms with Gasteiger partial charge < -0.3 is 10.3 Å². The highest BCUT2D eigenvalue weighted by Crippen LogP contribution is 2.24. The van der Waals surface area contributed by atoms with E-state index in [0.717, 1.165) is 29.9 Å². The Balaban J connectivity index is 2.05. The number of benzene rings is 2. The van der Waals surface area contributed by atoms with Crippen LogP contribution in [0.1, 0.15) is 24.7 Å². The van der Waals surface area contributed by atoms with Gasteiger partial charge in [0, 0.05) is 23.7 Å². The maximum absolute atomic E-state index is 6.29. The summed E-state index contributed by atoms with van der Waals surface area (Å²) in [6.07, 6.45) is 1.79. The van der Waals surface area contributed by atoms with E-state index in [0.29, 0.717) is 17.1 Å². The summed E-state index contributed by atoms with van der Waals surface area (Å²) < 4.78 is 2.28. The summed E-state index contributed by atoms with van der Waals surface area (Å²) in [5.74, 6) is 1.05. The normalized spacial score (nSPS) is 11.1. The van der Waals surface area contributed by atoms with Crippen molar-refractivity contribution in [3.63, 3.8) is 0 Å². The van der Waals surface area contributed by atoms with E-state index in [2.05, 4.69) is 29.7 Å². The van der Waals surface area contributed by atoms with Gasteiger partial charge in [-0.05, 0) is 36.2 Å². The van der Waals surface area contributed by atoms with Gasteiger partial charge in [-0.15, -0.1) is 0 Å². The van der Waals surface area contributed by atoms with Gasteiger partial charge in [0.05, 0.1) is 11.0 Å². The van der Waals surface area contributed by atoms with Crippen LogP contribution in [0.4, 0.5) is 5.69 Å². The van der Waals surface area contributed by atoms with Gasteiger partial charge in [-0.1, -0.05) is 36.7 Å². The summed E-state index contributed by atoms with van der Waals surface area (Å²) in [5, 5.41) is 0.699. The van der Waals surface area contributed by atoms with Gasteiger partial charge in [0.25, 0.3) is 0 Å². The van der Waals surface area contributed by atoms with Gasteiger partial charge in [0.1, 0.15) is 5.82 Å². The minimum atomic E-state index is 0.686. The van der Waals surface area contributed by atoms with Crippen LogP contribution >= 0.6 is 11.6 Å². The molecule has 0 aliphatic carbocycles. The van der Waals surface area contributed by atoms with Crippen LogP contribution in [0.3, 0.4) is 0 Å². The number of nitrogen functional groups attached to an aromatic ring is 1. The molecule has 4 heteroatoms. The zero-order valence-electron chi connectivity index (χ0n) is 12.0. The molecule has 0 saturated heterocycles. The molecule has 3 aromatic rings. The quantitative estimate of drug-likeness (QED) is 0.731. The van der Waals surface area contributed by atoms with Crippen molar-refractivity contribution in [2.45, 2.75) is 26.3 Å². The molecule has 0 amide bonds. The first-order valence-corrected chi connectivity index (χ1v) is 7.55. The van der Waals surface area contributed by atoms with Crippen LogP contribution in [-0.2, 0) is 13.0 Å². The average Bonchev–Trinajstić information content (AvgIpc) is 2.81. The predicted octanol–water partition coefficient (Wildman–Crippen LogP) is 4.27. The SMILES string of the molecule is CCCn1c(Cc2ccc(N)cc2Cl)nc2ccccc21. The molecule has 0 spiro atoms. The molecule has 3 nitrogen and oxygen atoms in total. The van der Waals surface area contributed by atoms with Gasteiger partial charge in [-0.3, -0.25) is 0 Å². The lowest BCUT2D eigenvalue weighted by atomic mass is 10.1. The first-order valence-electron chi connectivity index (χ1n) is 7.17. The molecule has 0 unspecified atom stereocenters. The predicted molar refractivity (Wildman–Crippen MR) is 88.7 cm³/mol. The summed E-state index contributed by atoms with van der Waals surface area (Å²) in [6.45, 7) is 3.14. The Hall–Kier alpha value is -2.00. The lowest BCUT2D eigenvalue weighted by Gasteiger charge is -2.09. The van der Waals surface area contributed by atoms with E-state index in [9.17, 15) is 0 Å². The first kappa shape index (κ1) is 14.0. The number of anilines is 1. The van der Waals surface area contributed by atoms with Crippen molar-refractivity contribution in [1.29, 1.82) is 0 Å². The molecular weight excluding hydrogens is 282 g/mol. The molecule has 0 bridgehead atoms. The van der Waals surface area contributed by atoms with Crippen LogP contribution in [0, 0.1) is 0 Å². The van der Waals surface area contributed by atoms with E-state index in [1.165, 1.54) is 5.52 Å². The Kier molecular flexibility index (Phi) is 3.84. The number of nitrogens with zero attached hydrogens (tertiary/aromatic N) is 2. The number of halogens is 1. The minimum absolute atomic E-state index is 0.686. The van der Waals surface area contributed by atoms with E-state index in [1.54, 1.807) is 6.07 Å². The second-order valence-corrected chi connectivity index (χ2v) is 5.60. The van der Waals surface area contributed by atoms with Crippen LogP contribution in [0.15, 0.2) is 42.5 Å². The van der Waals surface area contributed by atoms with Crippen LogP contribution in [0.5, 0.6) is 0 Å². The second-order valence-electron chi connectivity index (χ2n) is 5.20. The van der Waals surface area contributed by atoms with Gasteiger partial charge in [-0.2, -0.15) is 0 Å². The smallest absolute Gasteiger partial charge is 0.114 e. The summed E-state index contributed by atoms with van der Waals surface area (Å²) >= 11 is 6.29. The average molecular weight is 300 g/mol. The Bertz CT molecular complexity index is 777. The summed E-state index contributed by atoms with van der Waals surface area (Å²) in [5.41, 5.74) is 9.71. The van der Waals surface area contributed by atoms with E-state index in [-0.39, 0.29) is 0 Å². The molecule has 0 saturated carbocycles. The van der Waals surface area contributed by atoms with Crippen LogP contribution in [0.25, 0.3) is 11.0 Å². The van der Waals surface area contributed by atoms with Crippen LogP contribution in [0.2, 0.25) is 5.02 Å². The summed E-state index contributed by atoms with van der Waals surface area (Å²) in [7, 11) is 0. The van der Waals surface area contributed by atoms with E-state index >= 15 is 0 Å². The summed E-state index contributed by atoms with van der Waals surface area (Å²) in [6, 6.07) is 13.9. The highest BCUT2D eigenvalue weighted by molar-refractivity contribution is 6.31. The molecule has 1 heterocycles. The van der Waals surface area contributed by atoms with Crippen molar-refractivity contribution in [1.82, 2.24) is 9.55 Å². The molecule has 2 aromatic carbocycles. The van der Waals surface area contributed by atoms with Crippen LogP contribution < -0.4 is 5.73 Å². The molecule has 3 rings (SSSR count). The fourth-order valence-electron chi connectivity index (χ4n) is 2.61. The number of para-hydroxylation sites is 2. The van der Waals surface area contributed by atoms with Crippen molar-refractivity contribution < 1.29 is 0 Å². The number of fused-ring (bicyclic) bond motifs is 1. The molecule has 1 aromatic heterocycles. The van der Waals surface area contributed by atoms with Crippen LogP contribution in [-0.4, -0.2) is 9.55 Å². The van der Waals surface area contributed by atoms with Crippen molar-refractivity contribution in [2.24, 2.45) is 0 Å². The van der Waals surface area contributed by atoms with Crippen molar-refractivity contribution in [3.8, 4) is 0 Å². The number of imidazole rings is 1. The van der Waals surface area contributed by atoms with Gasteiger partial charge in [-0.25, -0.2) is 4.98 Å². The Morgan fingerprint density at radius 1 is 1.19 bits per heavy atom. The first-order chi connectivity index (χ1) is 10.2. The topological polar surface area (TPSA) is 43.8 Å². The van der Waals surface area contributed by atoms with E-state index in [1.807, 2.05) is 18.2 Å². The highest BCUT2D eigenvalue weighted by Gasteiger charge is 2.12. The van der Waals surface area contributed by atoms with Gasteiger partial charge >= 0.3 is 0 Å². The zero-order valence-corrected chi connectivity index (χ0v) is 12.8. The fourth-order valence-corrected chi connectivity index (χ4v) is 2.87. The molecule has 108 valence electrons. The molecule has 2 N–H and O–H groups in total. The number of hydrogen-bond acceptors (Lipinski definition) is 2. The summed E-state index contributed by atoms with van der Waals surface area (Å²) in [4.78, 5) is 4.76. The molecule has 21 heavy (non-hydrogen) atoms. The van der Waals surface area contributed by atoms with E-state index in [4.69, 9.17) is 22.3 Å². The van der Waals surface area contributed by atoms with Gasteiger partial charge in [0.2, 0.25) is 0 Å². The third-order valence-electron chi connectivity index (χ3n) is 3.61. The third kappa shape index (κ3) is 2.74. The number of aromatic nitrogens is 2. The third-order valence-corrected chi connectivity index (χ3v) is 3.96. The highest BCUT2D eigenvalue weighted by atomic mass is 35.5. The number of hydrogen-bond donors (Lipinski definition) is 1. The molecule has 0 fully saturated rings. The molecule has 0 radical (unpaired) electrons. The van der Waals surface area contributed by atoms with Crippen molar-refractivity contribution >= 4 is 28.3 Å². The van der Waals surface area contributed by atoms with Crippen molar-refractivity contribution in [2.75, 3.05) is 5.73 Å². The number of nitrogens with two attached hydrogens (primary N) is 1. The lowest BCUT2D eigenvalue weighted by Crippen LogP contribution is -2.04. The molecular formula is C17H18ClN3. The molecule has 0 aliphatic rings. The maximum atomic E-state index is 6.29. The van der Waals surface area contributed by atoms with Crippen molar-refractivity contribution in [3.05, 3.63) is 58.9 Å². The Morgan fingerprint density at radius 2 is 2.00 bits per heavy atom. The Morgan fingerprint density at radius 3 is 2.76 bits per heavy atom. The number of aryl methyl sites for hydroxylation is 1. The van der Waals surface area contributed by atoms with E-state index < -0.39 is 0 Å². The standard InChI is InChI=1S/C17H18ClN3/c1-2-9-21-16-6-4-3-5-15(16)20-17(21)10-12-7-8-13(19)11-14(12)18/h3-8,11H,2,9-10,19H2,1H3. The largest absolute Gasteiger partial charge is 0.399 e. The fraction of sp³-hybridized carbons (Fsp3) is 0.235. The minimum Gasteiger partial charge on any atom is -0.399 e. The number of rotatable bonds is 4. The monoisotopic (exact) mass is 299 g/mol. The second kappa shape index (κ2) is 5.78. The Labute approximate surface area is 129 Å². The molecule has 0 aliphatic heterocycles. The van der Waals surface area contributed by atoms with Gasteiger partial charge in [0.15, 0.2) is 0 Å². The molecule has 0 atom stereocenters. The lowest BCUT2D eigenvalue weighted by molar-refractivity contribution is 0.664.